The van der Waals surface area contributed by atoms with Crippen molar-refractivity contribution >= 4 is 23.4 Å². The fraction of sp³-hybridized carbons (Fsp3) is 0.583. The van der Waals surface area contributed by atoms with Gasteiger partial charge in [0.05, 0.1) is 10.6 Å². The van der Waals surface area contributed by atoms with Crippen LogP contribution in [0.5, 0.6) is 0 Å². The van der Waals surface area contributed by atoms with Gasteiger partial charge in [0.15, 0.2) is 0 Å². The fourth-order valence-electron chi connectivity index (χ4n) is 1.95. The zero-order valence-electron chi connectivity index (χ0n) is 10.1. The van der Waals surface area contributed by atoms with E-state index in [9.17, 15) is 13.2 Å². The molecule has 1 aliphatic heterocycles. The summed E-state index contributed by atoms with van der Waals surface area (Å²) in [4.78, 5) is 3.82. The summed E-state index contributed by atoms with van der Waals surface area (Å²) in [5.74, 6) is 1.35. The second kappa shape index (κ2) is 6.33. The summed E-state index contributed by atoms with van der Waals surface area (Å²) in [7, 11) is 0. The van der Waals surface area contributed by atoms with Crippen LogP contribution in [0.1, 0.15) is 18.4 Å². The molecule has 0 bridgehead atoms. The third-order valence-electron chi connectivity index (χ3n) is 2.99. The minimum Gasteiger partial charge on any atom is -0.316 e. The topological polar surface area (TPSA) is 24.9 Å². The van der Waals surface area contributed by atoms with E-state index in [4.69, 9.17) is 11.6 Å². The molecule has 1 atom stereocenters. The maximum atomic E-state index is 12.5. The number of hydrogen-bond acceptors (Lipinski definition) is 3. The summed E-state index contributed by atoms with van der Waals surface area (Å²) in [6.07, 6.45) is -1.28. The average molecular weight is 311 g/mol. The van der Waals surface area contributed by atoms with Crippen LogP contribution in [0.3, 0.4) is 0 Å². The average Bonchev–Trinajstić information content (AvgIpc) is 2.37. The molecule has 1 fully saturated rings. The first kappa shape index (κ1) is 14.9. The Balaban J connectivity index is 1.97. The van der Waals surface area contributed by atoms with Gasteiger partial charge in [0, 0.05) is 11.9 Å². The summed E-state index contributed by atoms with van der Waals surface area (Å²) in [6.45, 7) is 1.99. The van der Waals surface area contributed by atoms with Gasteiger partial charge in [-0.25, -0.2) is 4.98 Å². The highest BCUT2D eigenvalue weighted by atomic mass is 35.5. The molecule has 1 N–H and O–H groups in total. The molecule has 2 rings (SSSR count). The van der Waals surface area contributed by atoms with Crippen molar-refractivity contribution in [3.8, 4) is 0 Å². The molecule has 0 saturated carbocycles. The number of pyridine rings is 1. The maximum absolute atomic E-state index is 12.5. The smallest absolute Gasteiger partial charge is 0.316 e. The van der Waals surface area contributed by atoms with Crippen LogP contribution in [0.15, 0.2) is 17.3 Å². The minimum absolute atomic E-state index is 0.0728. The van der Waals surface area contributed by atoms with E-state index < -0.39 is 11.7 Å². The van der Waals surface area contributed by atoms with E-state index >= 15 is 0 Å². The Labute approximate surface area is 119 Å². The predicted octanol–water partition coefficient (Wildman–Crippen LogP) is 3.85. The highest BCUT2D eigenvalue weighted by Gasteiger charge is 2.31. The summed E-state index contributed by atoms with van der Waals surface area (Å²) in [6, 6.07) is 0.940. The summed E-state index contributed by atoms with van der Waals surface area (Å²) in [5, 5.41) is 3.84. The Bertz CT molecular complexity index is 433. The van der Waals surface area contributed by atoms with Crippen molar-refractivity contribution < 1.29 is 13.2 Å². The summed E-state index contributed by atoms with van der Waals surface area (Å²) in [5.41, 5.74) is -0.804. The molecular weight excluding hydrogens is 297 g/mol. The molecule has 2 nitrogen and oxygen atoms in total. The van der Waals surface area contributed by atoms with Gasteiger partial charge in [-0.3, -0.25) is 0 Å². The van der Waals surface area contributed by atoms with Crippen molar-refractivity contribution in [3.05, 3.63) is 22.8 Å². The number of halogens is 4. The van der Waals surface area contributed by atoms with E-state index in [2.05, 4.69) is 10.3 Å². The van der Waals surface area contributed by atoms with Crippen molar-refractivity contribution in [1.82, 2.24) is 10.3 Å². The lowest BCUT2D eigenvalue weighted by atomic mass is 10.0. The number of nitrogens with zero attached hydrogens (tertiary/aromatic N) is 1. The van der Waals surface area contributed by atoms with Gasteiger partial charge in [-0.1, -0.05) is 11.6 Å². The predicted molar refractivity (Wildman–Crippen MR) is 70.6 cm³/mol. The Hall–Kier alpha value is -0.460. The van der Waals surface area contributed by atoms with Crippen molar-refractivity contribution in [3.63, 3.8) is 0 Å². The van der Waals surface area contributed by atoms with E-state index in [1.807, 2.05) is 0 Å². The lowest BCUT2D eigenvalue weighted by Crippen LogP contribution is -2.30. The van der Waals surface area contributed by atoms with Crippen LogP contribution in [0, 0.1) is 5.92 Å². The molecule has 0 radical (unpaired) electrons. The van der Waals surface area contributed by atoms with Gasteiger partial charge in [-0.05, 0) is 37.9 Å². The zero-order valence-corrected chi connectivity index (χ0v) is 11.7. The third kappa shape index (κ3) is 4.26. The first-order chi connectivity index (χ1) is 8.97. The molecule has 1 aromatic rings. The first-order valence-electron chi connectivity index (χ1n) is 6.03. The lowest BCUT2D eigenvalue weighted by molar-refractivity contribution is -0.137. The Morgan fingerprint density at radius 1 is 1.47 bits per heavy atom. The maximum Gasteiger partial charge on any atom is 0.417 e. The Morgan fingerprint density at radius 2 is 2.26 bits per heavy atom. The highest BCUT2D eigenvalue weighted by molar-refractivity contribution is 7.99. The highest BCUT2D eigenvalue weighted by Crippen LogP contribution is 2.34. The number of aromatic nitrogens is 1. The SMILES string of the molecule is FC(F)(F)c1cnc(SCC2CCCNC2)c(Cl)c1. The molecule has 0 aliphatic carbocycles. The second-order valence-electron chi connectivity index (χ2n) is 4.53. The molecule has 0 spiro atoms. The van der Waals surface area contributed by atoms with Crippen LogP contribution < -0.4 is 5.32 Å². The van der Waals surface area contributed by atoms with Crippen LogP contribution >= 0.6 is 23.4 Å². The van der Waals surface area contributed by atoms with Gasteiger partial charge in [0.2, 0.25) is 0 Å². The van der Waals surface area contributed by atoms with Crippen LogP contribution in [0.25, 0.3) is 0 Å². The number of thioether (sulfide) groups is 1. The second-order valence-corrected chi connectivity index (χ2v) is 5.95. The molecule has 1 aromatic heterocycles. The Kier molecular flexibility index (Phi) is 4.97. The summed E-state index contributed by atoms with van der Waals surface area (Å²) < 4.78 is 37.4. The molecule has 19 heavy (non-hydrogen) atoms. The number of nitrogens with one attached hydrogen (secondary N) is 1. The van der Waals surface area contributed by atoms with Gasteiger partial charge >= 0.3 is 6.18 Å². The number of hydrogen-bond donors (Lipinski definition) is 1. The first-order valence-corrected chi connectivity index (χ1v) is 7.39. The monoisotopic (exact) mass is 310 g/mol. The third-order valence-corrected chi connectivity index (χ3v) is 4.63. The molecule has 7 heteroatoms. The van der Waals surface area contributed by atoms with Gasteiger partial charge in [0.25, 0.3) is 0 Å². The van der Waals surface area contributed by atoms with Gasteiger partial charge in [-0.15, -0.1) is 11.8 Å². The van der Waals surface area contributed by atoms with Gasteiger partial charge in [-0.2, -0.15) is 13.2 Å². The molecule has 2 heterocycles. The molecule has 1 aliphatic rings. The van der Waals surface area contributed by atoms with Gasteiger partial charge in [0.1, 0.15) is 5.03 Å². The summed E-state index contributed by atoms with van der Waals surface area (Å²) >= 11 is 7.28. The van der Waals surface area contributed by atoms with E-state index in [-0.39, 0.29) is 5.02 Å². The Morgan fingerprint density at radius 3 is 2.84 bits per heavy atom. The largest absolute Gasteiger partial charge is 0.417 e. The van der Waals surface area contributed by atoms with Crippen LogP contribution in [0.4, 0.5) is 13.2 Å². The van der Waals surface area contributed by atoms with Crippen molar-refractivity contribution in [2.45, 2.75) is 24.0 Å². The van der Waals surface area contributed by atoms with E-state index in [1.165, 1.54) is 11.8 Å². The standard InChI is InChI=1S/C12H14ClF3N2S/c13-10-4-9(12(14,15)16)6-18-11(10)19-7-8-2-1-3-17-5-8/h4,6,8,17H,1-3,5,7H2. The van der Waals surface area contributed by atoms with Gasteiger partial charge < -0.3 is 5.32 Å². The minimum atomic E-state index is -4.40. The molecule has 106 valence electrons. The van der Waals surface area contributed by atoms with E-state index in [0.717, 1.165) is 43.9 Å². The van der Waals surface area contributed by atoms with Crippen LogP contribution in [0.2, 0.25) is 5.02 Å². The number of piperidine rings is 1. The normalized spacial score (nSPS) is 20.5. The van der Waals surface area contributed by atoms with Crippen LogP contribution in [-0.4, -0.2) is 23.8 Å². The molecular formula is C12H14ClF3N2S. The lowest BCUT2D eigenvalue weighted by Gasteiger charge is -2.22. The molecule has 1 unspecified atom stereocenters. The number of rotatable bonds is 3. The van der Waals surface area contributed by atoms with Crippen molar-refractivity contribution in [2.75, 3.05) is 18.8 Å². The van der Waals surface area contributed by atoms with Crippen molar-refractivity contribution in [1.29, 1.82) is 0 Å². The van der Waals surface area contributed by atoms with Crippen molar-refractivity contribution in [2.24, 2.45) is 5.92 Å². The number of alkyl halides is 3. The molecule has 0 aromatic carbocycles. The van der Waals surface area contributed by atoms with E-state index in [1.54, 1.807) is 0 Å². The zero-order chi connectivity index (χ0) is 13.9. The molecule has 0 amide bonds. The molecule has 1 saturated heterocycles. The quantitative estimate of drug-likeness (QED) is 0.859. The fourth-order valence-corrected chi connectivity index (χ4v) is 3.28. The van der Waals surface area contributed by atoms with E-state index in [0.29, 0.717) is 10.9 Å². The van der Waals surface area contributed by atoms with Crippen LogP contribution in [-0.2, 0) is 6.18 Å².